The van der Waals surface area contributed by atoms with Gasteiger partial charge in [0.2, 0.25) is 0 Å². The van der Waals surface area contributed by atoms with Gasteiger partial charge in [-0.05, 0) is 51.0 Å². The van der Waals surface area contributed by atoms with Crippen molar-refractivity contribution in [2.75, 3.05) is 0 Å². The van der Waals surface area contributed by atoms with Crippen LogP contribution in [0.1, 0.15) is 0 Å². The van der Waals surface area contributed by atoms with Crippen LogP contribution in [0.5, 0.6) is 0 Å². The molecule has 134 valence electrons. The summed E-state index contributed by atoms with van der Waals surface area (Å²) in [5, 5.41) is 1.12. The minimum absolute atomic E-state index is 1.12. The number of hydrogen-bond acceptors (Lipinski definition) is 3. The molecular formula is C17H32O3Si4. The summed E-state index contributed by atoms with van der Waals surface area (Å²) in [6.07, 6.45) is 0. The van der Waals surface area contributed by atoms with E-state index < -0.39 is 33.8 Å². The van der Waals surface area contributed by atoms with Crippen molar-refractivity contribution in [3.05, 3.63) is 54.9 Å². The van der Waals surface area contributed by atoms with Crippen molar-refractivity contribution in [2.45, 2.75) is 45.8 Å². The van der Waals surface area contributed by atoms with Gasteiger partial charge in [0.25, 0.3) is 0 Å². The fraction of sp³-hybridized carbons (Fsp3) is 0.412. The van der Waals surface area contributed by atoms with E-state index in [2.05, 4.69) is 71.1 Å². The second-order valence-electron chi connectivity index (χ2n) is 7.76. The molecule has 1 aromatic carbocycles. The molecule has 7 heteroatoms. The van der Waals surface area contributed by atoms with Crippen molar-refractivity contribution in [1.82, 2.24) is 0 Å². The van der Waals surface area contributed by atoms with Crippen LogP contribution in [0.2, 0.25) is 45.8 Å². The van der Waals surface area contributed by atoms with Gasteiger partial charge < -0.3 is 12.3 Å². The van der Waals surface area contributed by atoms with Gasteiger partial charge in [-0.15, -0.1) is 13.2 Å². The Hall–Kier alpha value is -0.552. The maximum atomic E-state index is 6.71. The van der Waals surface area contributed by atoms with E-state index in [4.69, 9.17) is 12.3 Å². The molecule has 0 spiro atoms. The fourth-order valence-electron chi connectivity index (χ4n) is 2.52. The van der Waals surface area contributed by atoms with Gasteiger partial charge in [-0.25, -0.2) is 0 Å². The highest BCUT2D eigenvalue weighted by molar-refractivity contribution is 6.97. The average Bonchev–Trinajstić information content (AvgIpc) is 2.45. The zero-order valence-corrected chi connectivity index (χ0v) is 20.2. The maximum Gasteiger partial charge on any atom is 0.350 e. The van der Waals surface area contributed by atoms with Crippen LogP contribution in [-0.2, 0) is 12.3 Å². The third kappa shape index (κ3) is 6.39. The van der Waals surface area contributed by atoms with Crippen LogP contribution in [-0.4, -0.2) is 33.8 Å². The number of hydrogen-bond donors (Lipinski definition) is 0. The van der Waals surface area contributed by atoms with Crippen molar-refractivity contribution in [3.8, 4) is 0 Å². The van der Waals surface area contributed by atoms with Crippen molar-refractivity contribution in [2.24, 2.45) is 0 Å². The van der Waals surface area contributed by atoms with Gasteiger partial charge in [-0.3, -0.25) is 0 Å². The van der Waals surface area contributed by atoms with E-state index in [1.807, 2.05) is 29.6 Å². The average molecular weight is 397 g/mol. The van der Waals surface area contributed by atoms with Crippen LogP contribution in [0.15, 0.2) is 54.9 Å². The second kappa shape index (κ2) is 7.77. The van der Waals surface area contributed by atoms with Crippen molar-refractivity contribution >= 4 is 38.9 Å². The first kappa shape index (κ1) is 21.5. The molecule has 0 aliphatic heterocycles. The molecule has 2 atom stereocenters. The van der Waals surface area contributed by atoms with Gasteiger partial charge in [0.15, 0.2) is 16.6 Å². The van der Waals surface area contributed by atoms with Crippen LogP contribution >= 0.6 is 0 Å². The predicted octanol–water partition coefficient (Wildman–Crippen LogP) is 4.58. The van der Waals surface area contributed by atoms with Gasteiger partial charge >= 0.3 is 17.1 Å². The molecule has 1 rings (SSSR count). The van der Waals surface area contributed by atoms with E-state index in [0.717, 1.165) is 5.19 Å². The normalized spacial score (nSPS) is 17.6. The van der Waals surface area contributed by atoms with Gasteiger partial charge in [0.05, 0.1) is 0 Å². The molecule has 0 bridgehead atoms. The quantitative estimate of drug-likeness (QED) is 0.572. The van der Waals surface area contributed by atoms with Crippen LogP contribution in [0, 0.1) is 0 Å². The molecule has 0 amide bonds. The molecule has 0 radical (unpaired) electrons. The van der Waals surface area contributed by atoms with Crippen molar-refractivity contribution in [1.29, 1.82) is 0 Å². The number of benzene rings is 1. The maximum absolute atomic E-state index is 6.71. The molecular weight excluding hydrogens is 365 g/mol. The van der Waals surface area contributed by atoms with Gasteiger partial charge in [0, 0.05) is 0 Å². The van der Waals surface area contributed by atoms with E-state index in [9.17, 15) is 0 Å². The highest BCUT2D eigenvalue weighted by Crippen LogP contribution is 2.25. The second-order valence-corrected chi connectivity index (χ2v) is 23.0. The molecule has 0 aliphatic carbocycles. The summed E-state index contributed by atoms with van der Waals surface area (Å²) in [5.74, 6) is 0. The molecule has 0 saturated heterocycles. The van der Waals surface area contributed by atoms with Gasteiger partial charge in [-0.2, -0.15) is 0 Å². The molecule has 2 unspecified atom stereocenters. The summed E-state index contributed by atoms with van der Waals surface area (Å²) in [7, 11) is -8.98. The minimum atomic E-state index is -2.66. The van der Waals surface area contributed by atoms with Gasteiger partial charge in [-0.1, -0.05) is 41.7 Å². The van der Waals surface area contributed by atoms with Crippen LogP contribution < -0.4 is 5.19 Å². The first-order valence-corrected chi connectivity index (χ1v) is 19.4. The molecule has 24 heavy (non-hydrogen) atoms. The molecule has 0 aliphatic rings. The third-order valence-electron chi connectivity index (χ3n) is 3.52. The highest BCUT2D eigenvalue weighted by atomic mass is 28.5. The summed E-state index contributed by atoms with van der Waals surface area (Å²) in [5.41, 5.74) is 3.84. The molecule has 0 heterocycles. The molecule has 3 nitrogen and oxygen atoms in total. The van der Waals surface area contributed by atoms with E-state index >= 15 is 0 Å². The predicted molar refractivity (Wildman–Crippen MR) is 114 cm³/mol. The fourth-order valence-corrected chi connectivity index (χ4v) is 18.3. The van der Waals surface area contributed by atoms with Crippen molar-refractivity contribution in [3.63, 3.8) is 0 Å². The Balaban J connectivity index is 3.28. The summed E-state index contributed by atoms with van der Waals surface area (Å²) in [6, 6.07) is 10.2. The highest BCUT2D eigenvalue weighted by Gasteiger charge is 2.47. The Morgan fingerprint density at radius 1 is 0.750 bits per heavy atom. The summed E-state index contributed by atoms with van der Waals surface area (Å²) < 4.78 is 19.8. The lowest BCUT2D eigenvalue weighted by Gasteiger charge is -2.41. The van der Waals surface area contributed by atoms with Crippen molar-refractivity contribution < 1.29 is 12.3 Å². The zero-order chi connectivity index (χ0) is 18.6. The summed E-state index contributed by atoms with van der Waals surface area (Å²) in [6.45, 7) is 23.0. The standard InChI is InChI=1S/C17H32O3Si4/c1-10-22(6,7)19-24(9,17-15-13-12-14-16-17)20-23(8,11-2)18-21(3,4)5/h10-16H,1-2H2,3-9H3. The van der Waals surface area contributed by atoms with E-state index in [0.29, 0.717) is 0 Å². The van der Waals surface area contributed by atoms with Crippen LogP contribution in [0.25, 0.3) is 0 Å². The topological polar surface area (TPSA) is 27.7 Å². The van der Waals surface area contributed by atoms with E-state index in [1.54, 1.807) is 0 Å². The SMILES string of the molecule is C=C[Si](C)(C)O[Si](C)(O[Si](C)(C=C)O[Si](C)(C)C)c1ccccc1. The number of rotatable bonds is 9. The summed E-state index contributed by atoms with van der Waals surface area (Å²) >= 11 is 0. The molecule has 0 N–H and O–H groups in total. The third-order valence-corrected chi connectivity index (χ3v) is 17.5. The first-order valence-electron chi connectivity index (χ1n) is 8.28. The minimum Gasteiger partial charge on any atom is -0.434 e. The monoisotopic (exact) mass is 396 g/mol. The van der Waals surface area contributed by atoms with Crippen LogP contribution in [0.4, 0.5) is 0 Å². The lowest BCUT2D eigenvalue weighted by atomic mass is 10.4. The Morgan fingerprint density at radius 2 is 1.29 bits per heavy atom. The molecule has 1 aromatic rings. The summed E-state index contributed by atoms with van der Waals surface area (Å²) in [4.78, 5) is 0. The zero-order valence-electron chi connectivity index (χ0n) is 16.2. The molecule has 0 fully saturated rings. The van der Waals surface area contributed by atoms with Crippen LogP contribution in [0.3, 0.4) is 0 Å². The molecule has 0 aromatic heterocycles. The Morgan fingerprint density at radius 3 is 1.71 bits per heavy atom. The van der Waals surface area contributed by atoms with Gasteiger partial charge in [0.1, 0.15) is 0 Å². The van der Waals surface area contributed by atoms with E-state index in [1.165, 1.54) is 0 Å². The smallest absolute Gasteiger partial charge is 0.350 e. The Labute approximate surface area is 152 Å². The first-order chi connectivity index (χ1) is 10.8. The molecule has 0 saturated carbocycles. The van der Waals surface area contributed by atoms with E-state index in [-0.39, 0.29) is 0 Å². The Bertz CT molecular complexity index is 571. The lowest BCUT2D eigenvalue weighted by molar-refractivity contribution is 0.343. The largest absolute Gasteiger partial charge is 0.434 e. The lowest BCUT2D eigenvalue weighted by Crippen LogP contribution is -2.63. The Kier molecular flexibility index (Phi) is 6.96.